The lowest BCUT2D eigenvalue weighted by Gasteiger charge is -2.36. The topological polar surface area (TPSA) is 84.5 Å². The Bertz CT molecular complexity index is 930. The molecule has 5 aliphatic rings. The van der Waals surface area contributed by atoms with Gasteiger partial charge in [-0.15, -0.1) is 0 Å². The minimum absolute atomic E-state index is 0.320. The lowest BCUT2D eigenvalue weighted by Crippen LogP contribution is -2.58. The van der Waals surface area contributed by atoms with Gasteiger partial charge in [0.05, 0.1) is 12.1 Å². The molecular formula is C25H32ClNO7. The molecule has 5 fully saturated rings. The molecule has 3 heterocycles. The molecule has 34 heavy (non-hydrogen) atoms. The molecule has 5 atom stereocenters. The summed E-state index contributed by atoms with van der Waals surface area (Å²) in [4.78, 5) is 13.5. The molecule has 3 aliphatic heterocycles. The van der Waals surface area contributed by atoms with E-state index in [1.807, 2.05) is 0 Å². The molecule has 2 aliphatic carbocycles. The maximum absolute atomic E-state index is 13.5. The van der Waals surface area contributed by atoms with E-state index in [1.165, 1.54) is 6.42 Å². The molecule has 2 saturated carbocycles. The molecule has 1 aromatic carbocycles. The van der Waals surface area contributed by atoms with Crippen molar-refractivity contribution in [2.24, 2.45) is 0 Å². The summed E-state index contributed by atoms with van der Waals surface area (Å²) in [5, 5.41) is 3.34. The molecule has 1 amide bonds. The highest BCUT2D eigenvalue weighted by Crippen LogP contribution is 2.51. The van der Waals surface area contributed by atoms with Gasteiger partial charge in [-0.25, -0.2) is 0 Å². The Morgan fingerprint density at radius 1 is 0.912 bits per heavy atom. The number of carbonyl (C=O) groups excluding carboxylic acids is 1. The van der Waals surface area contributed by atoms with Gasteiger partial charge in [-0.2, -0.15) is 0 Å². The van der Waals surface area contributed by atoms with Crippen LogP contribution in [0.1, 0.15) is 64.2 Å². The van der Waals surface area contributed by atoms with Crippen molar-refractivity contribution in [2.75, 3.05) is 12.4 Å². The number of methoxy groups -OCH3 is 1. The van der Waals surface area contributed by atoms with Crippen LogP contribution < -0.4 is 10.1 Å². The fraction of sp³-hybridized carbons (Fsp3) is 0.720. The summed E-state index contributed by atoms with van der Waals surface area (Å²) in [6, 6.07) is 5.11. The Morgan fingerprint density at radius 3 is 2.18 bits per heavy atom. The second-order valence-electron chi connectivity index (χ2n) is 10.1. The van der Waals surface area contributed by atoms with Gasteiger partial charge in [-0.1, -0.05) is 24.4 Å². The number of ether oxygens (including phenoxy) is 6. The monoisotopic (exact) mass is 493 g/mol. The third kappa shape index (κ3) is 4.02. The van der Waals surface area contributed by atoms with Crippen LogP contribution in [0.2, 0.25) is 5.02 Å². The number of amides is 1. The molecule has 0 aromatic heterocycles. The first-order valence-electron chi connectivity index (χ1n) is 12.5. The zero-order valence-electron chi connectivity index (χ0n) is 19.4. The van der Waals surface area contributed by atoms with Crippen molar-refractivity contribution < 1.29 is 33.2 Å². The van der Waals surface area contributed by atoms with Crippen molar-refractivity contribution in [3.05, 3.63) is 23.2 Å². The van der Waals surface area contributed by atoms with Gasteiger partial charge in [0.2, 0.25) is 0 Å². The quantitative estimate of drug-likeness (QED) is 0.662. The smallest absolute Gasteiger partial charge is 0.256 e. The van der Waals surface area contributed by atoms with Gasteiger partial charge in [-0.05, 0) is 43.9 Å². The molecule has 0 bridgehead atoms. The number of nitrogens with one attached hydrogen (secondary N) is 1. The van der Waals surface area contributed by atoms with Crippen molar-refractivity contribution in [1.29, 1.82) is 0 Å². The van der Waals surface area contributed by atoms with E-state index in [0.717, 1.165) is 57.8 Å². The van der Waals surface area contributed by atoms with Crippen LogP contribution in [-0.4, -0.2) is 55.3 Å². The second kappa shape index (κ2) is 8.91. The van der Waals surface area contributed by atoms with Crippen LogP contribution in [0.3, 0.4) is 0 Å². The van der Waals surface area contributed by atoms with E-state index in [2.05, 4.69) is 5.32 Å². The molecule has 1 N–H and O–H groups in total. The Labute approximate surface area is 204 Å². The van der Waals surface area contributed by atoms with E-state index in [0.29, 0.717) is 16.5 Å². The number of benzene rings is 1. The summed E-state index contributed by atoms with van der Waals surface area (Å²) in [5.41, 5.74) is 0.553. The first-order chi connectivity index (χ1) is 16.5. The molecule has 2 spiro atoms. The second-order valence-corrected chi connectivity index (χ2v) is 10.5. The van der Waals surface area contributed by atoms with Gasteiger partial charge in [0.15, 0.2) is 24.0 Å². The van der Waals surface area contributed by atoms with Crippen molar-refractivity contribution in [1.82, 2.24) is 0 Å². The van der Waals surface area contributed by atoms with E-state index >= 15 is 0 Å². The maximum Gasteiger partial charge on any atom is 0.256 e. The van der Waals surface area contributed by atoms with Crippen molar-refractivity contribution in [2.45, 2.75) is 106 Å². The fourth-order valence-electron chi connectivity index (χ4n) is 6.13. The number of halogens is 1. The van der Waals surface area contributed by atoms with Crippen molar-refractivity contribution in [3.63, 3.8) is 0 Å². The Balaban J connectivity index is 1.26. The highest BCUT2D eigenvalue weighted by Gasteiger charge is 2.65. The molecule has 186 valence electrons. The highest BCUT2D eigenvalue weighted by molar-refractivity contribution is 6.32. The van der Waals surface area contributed by atoms with E-state index < -0.39 is 42.3 Å². The van der Waals surface area contributed by atoms with Crippen molar-refractivity contribution in [3.8, 4) is 5.75 Å². The van der Waals surface area contributed by atoms with Gasteiger partial charge >= 0.3 is 0 Å². The normalized spacial score (nSPS) is 35.6. The number of hydrogen-bond acceptors (Lipinski definition) is 7. The number of hydrogen-bond donors (Lipinski definition) is 1. The minimum Gasteiger partial charge on any atom is -0.495 e. The largest absolute Gasteiger partial charge is 0.495 e. The summed E-state index contributed by atoms with van der Waals surface area (Å²) < 4.78 is 37.5. The summed E-state index contributed by atoms with van der Waals surface area (Å²) in [6.45, 7) is 0. The number of rotatable bonds is 3. The fourth-order valence-corrected chi connectivity index (χ4v) is 6.38. The first kappa shape index (κ1) is 23.0. The summed E-state index contributed by atoms with van der Waals surface area (Å²) >= 11 is 6.25. The summed E-state index contributed by atoms with van der Waals surface area (Å²) in [7, 11) is 1.55. The predicted molar refractivity (Wildman–Crippen MR) is 123 cm³/mol. The SMILES string of the molecule is COc1ccc(NC(=O)[C@@H]2O[C@@H]3OC4(CCCCC4)O[C@@H]3[C@@H]3OC4(CCCCC4)O[C@H]32)cc1Cl. The highest BCUT2D eigenvalue weighted by atomic mass is 35.5. The van der Waals surface area contributed by atoms with Gasteiger partial charge in [0.1, 0.15) is 24.1 Å². The van der Waals surface area contributed by atoms with E-state index in [9.17, 15) is 4.79 Å². The van der Waals surface area contributed by atoms with Crippen molar-refractivity contribution >= 4 is 23.2 Å². The average Bonchev–Trinajstić information content (AvgIpc) is 3.37. The molecule has 3 saturated heterocycles. The number of anilines is 1. The molecule has 1 aromatic rings. The van der Waals surface area contributed by atoms with E-state index in [1.54, 1.807) is 25.3 Å². The number of fused-ring (bicyclic) bond motifs is 3. The number of carbonyl (C=O) groups is 1. The summed E-state index contributed by atoms with van der Waals surface area (Å²) in [5.74, 6) is -1.12. The molecule has 0 unspecified atom stereocenters. The average molecular weight is 494 g/mol. The molecule has 6 rings (SSSR count). The van der Waals surface area contributed by atoms with Gasteiger partial charge < -0.3 is 33.7 Å². The lowest BCUT2D eigenvalue weighted by atomic mass is 9.94. The van der Waals surface area contributed by atoms with Crippen LogP contribution in [0.5, 0.6) is 5.75 Å². The Kier molecular flexibility index (Phi) is 6.03. The van der Waals surface area contributed by atoms with Gasteiger partial charge in [-0.3, -0.25) is 4.79 Å². The van der Waals surface area contributed by atoms with Crippen LogP contribution in [0, 0.1) is 0 Å². The predicted octanol–water partition coefficient (Wildman–Crippen LogP) is 4.53. The Morgan fingerprint density at radius 2 is 1.53 bits per heavy atom. The molecular weight excluding hydrogens is 462 g/mol. The molecule has 8 nitrogen and oxygen atoms in total. The van der Waals surface area contributed by atoms with Gasteiger partial charge in [0, 0.05) is 31.4 Å². The van der Waals surface area contributed by atoms with Gasteiger partial charge in [0.25, 0.3) is 5.91 Å². The van der Waals surface area contributed by atoms with Crippen LogP contribution in [0.4, 0.5) is 5.69 Å². The zero-order valence-corrected chi connectivity index (χ0v) is 20.2. The maximum atomic E-state index is 13.5. The molecule has 0 radical (unpaired) electrons. The van der Waals surface area contributed by atoms with Crippen LogP contribution >= 0.6 is 11.6 Å². The van der Waals surface area contributed by atoms with Crippen LogP contribution in [0.25, 0.3) is 0 Å². The Hall–Kier alpha value is -1.42. The first-order valence-corrected chi connectivity index (χ1v) is 12.9. The lowest BCUT2D eigenvalue weighted by molar-refractivity contribution is -0.246. The van der Waals surface area contributed by atoms with E-state index in [4.69, 9.17) is 40.0 Å². The molecule has 9 heteroatoms. The summed E-state index contributed by atoms with van der Waals surface area (Å²) in [6.07, 6.45) is 6.83. The standard InChI is InChI=1S/C25H32ClNO7/c1-29-17-9-8-15(14-16(17)26)27-22(28)20-18-19(32-24(31-18)10-4-2-5-11-24)21-23(30-20)34-25(33-21)12-6-3-7-13-25/h8-9,14,18-21,23H,2-7,10-13H2,1H3,(H,27,28)/t18-,19-,20-,21-,23-/m1/s1. The zero-order chi connectivity index (χ0) is 23.3. The van der Waals surface area contributed by atoms with Crippen LogP contribution in [0.15, 0.2) is 18.2 Å². The van der Waals surface area contributed by atoms with Crippen LogP contribution in [-0.2, 0) is 28.5 Å². The minimum atomic E-state index is -0.893. The third-order valence-corrected chi connectivity index (χ3v) is 8.08. The van der Waals surface area contributed by atoms with E-state index in [-0.39, 0.29) is 5.91 Å². The third-order valence-electron chi connectivity index (χ3n) is 7.79.